The Labute approximate surface area is 163 Å². The van der Waals surface area contributed by atoms with Crippen LogP contribution in [0.4, 0.5) is 0 Å². The molecule has 0 spiro atoms. The summed E-state index contributed by atoms with van der Waals surface area (Å²) in [5.74, 6) is 0.0235. The summed E-state index contributed by atoms with van der Waals surface area (Å²) >= 11 is 5.89. The summed E-state index contributed by atoms with van der Waals surface area (Å²) in [4.78, 5) is 28.9. The largest absolute Gasteiger partial charge is 0.465 e. The fraction of sp³-hybridized carbons (Fsp3) is 0.474. The van der Waals surface area contributed by atoms with Gasteiger partial charge in [-0.25, -0.2) is 9.67 Å². The van der Waals surface area contributed by atoms with Crippen LogP contribution in [-0.2, 0) is 14.3 Å². The number of benzene rings is 1. The third-order valence-corrected chi connectivity index (χ3v) is 4.05. The Bertz CT molecular complexity index is 758. The highest BCUT2D eigenvalue weighted by atomic mass is 35.5. The molecule has 1 heterocycles. The average Bonchev–Trinajstić information content (AvgIpc) is 3.13. The van der Waals surface area contributed by atoms with Crippen molar-refractivity contribution >= 4 is 23.4 Å². The van der Waals surface area contributed by atoms with Crippen molar-refractivity contribution < 1.29 is 19.1 Å². The second-order valence-corrected chi connectivity index (χ2v) is 7.74. The van der Waals surface area contributed by atoms with Crippen LogP contribution in [0.1, 0.15) is 40.3 Å². The van der Waals surface area contributed by atoms with E-state index in [1.54, 1.807) is 38.1 Å². The van der Waals surface area contributed by atoms with Crippen molar-refractivity contribution in [2.24, 2.45) is 11.3 Å². The van der Waals surface area contributed by atoms with Crippen molar-refractivity contribution in [2.75, 3.05) is 6.61 Å². The quantitative estimate of drug-likeness (QED) is 0.604. The molecule has 7 nitrogen and oxygen atoms in total. The van der Waals surface area contributed by atoms with E-state index in [2.05, 4.69) is 10.1 Å². The lowest BCUT2D eigenvalue weighted by Gasteiger charge is -2.28. The second kappa shape index (κ2) is 8.99. The molecule has 1 atom stereocenters. The van der Waals surface area contributed by atoms with Gasteiger partial charge in [-0.3, -0.25) is 9.59 Å². The van der Waals surface area contributed by atoms with Crippen molar-refractivity contribution in [3.8, 4) is 5.75 Å². The van der Waals surface area contributed by atoms with Crippen LogP contribution in [0.15, 0.2) is 36.9 Å². The maximum absolute atomic E-state index is 13.1. The molecular formula is C19H24ClN3O4. The average molecular weight is 394 g/mol. The number of esters is 1. The molecule has 146 valence electrons. The maximum atomic E-state index is 13.1. The highest BCUT2D eigenvalue weighted by Gasteiger charge is 2.38. The number of carbonyl (C=O) groups is 2. The first-order valence-electron chi connectivity index (χ1n) is 8.65. The van der Waals surface area contributed by atoms with Gasteiger partial charge < -0.3 is 9.47 Å². The highest BCUT2D eigenvalue weighted by Crippen LogP contribution is 2.28. The zero-order valence-corrected chi connectivity index (χ0v) is 16.6. The summed E-state index contributed by atoms with van der Waals surface area (Å²) in [6, 6.07) is 6.65. The molecule has 0 fully saturated rings. The minimum atomic E-state index is -1.05. The van der Waals surface area contributed by atoms with Crippen LogP contribution in [-0.4, -0.2) is 33.1 Å². The van der Waals surface area contributed by atoms with Gasteiger partial charge in [-0.05, 0) is 44.0 Å². The van der Waals surface area contributed by atoms with E-state index in [1.165, 1.54) is 17.3 Å². The summed E-state index contributed by atoms with van der Waals surface area (Å²) < 4.78 is 12.5. The lowest BCUT2D eigenvalue weighted by molar-refractivity contribution is -0.153. The van der Waals surface area contributed by atoms with Crippen molar-refractivity contribution in [2.45, 2.75) is 40.3 Å². The summed E-state index contributed by atoms with van der Waals surface area (Å²) in [5, 5.41) is 4.58. The first-order valence-corrected chi connectivity index (χ1v) is 9.03. The molecule has 0 N–H and O–H groups in total. The van der Waals surface area contributed by atoms with Gasteiger partial charge in [0.15, 0.2) is 0 Å². The number of carbonyl (C=O) groups excluding carboxylic acids is 2. The van der Waals surface area contributed by atoms with Gasteiger partial charge in [0.1, 0.15) is 25.0 Å². The molecule has 0 aliphatic heterocycles. The Morgan fingerprint density at radius 1 is 1.22 bits per heavy atom. The fourth-order valence-corrected chi connectivity index (χ4v) is 2.39. The molecule has 0 amide bonds. The van der Waals surface area contributed by atoms with Gasteiger partial charge in [-0.15, -0.1) is 0 Å². The van der Waals surface area contributed by atoms with E-state index < -0.39 is 11.6 Å². The van der Waals surface area contributed by atoms with Crippen LogP contribution >= 0.6 is 11.6 Å². The van der Waals surface area contributed by atoms with E-state index in [0.717, 1.165) is 0 Å². The van der Waals surface area contributed by atoms with E-state index in [9.17, 15) is 9.59 Å². The molecule has 2 rings (SSSR count). The number of hydrogen-bond acceptors (Lipinski definition) is 6. The number of halogens is 1. The van der Waals surface area contributed by atoms with Crippen LogP contribution in [0.3, 0.4) is 0 Å². The highest BCUT2D eigenvalue weighted by molar-refractivity contribution is 6.30. The van der Waals surface area contributed by atoms with Crippen LogP contribution in [0, 0.1) is 11.3 Å². The van der Waals surface area contributed by atoms with E-state index >= 15 is 0 Å². The molecule has 0 saturated heterocycles. The Morgan fingerprint density at radius 3 is 2.44 bits per heavy atom. The topological polar surface area (TPSA) is 83.3 Å². The molecule has 0 radical (unpaired) electrons. The Kier molecular flexibility index (Phi) is 6.96. The van der Waals surface area contributed by atoms with Gasteiger partial charge in [-0.2, -0.15) is 5.10 Å². The number of rotatable bonds is 9. The molecule has 0 saturated carbocycles. The molecule has 0 aliphatic carbocycles. The molecule has 0 bridgehead atoms. The molecule has 0 aliphatic rings. The van der Waals surface area contributed by atoms with Crippen LogP contribution in [0.5, 0.6) is 5.75 Å². The van der Waals surface area contributed by atoms with Gasteiger partial charge in [-0.1, -0.05) is 25.4 Å². The predicted octanol–water partition coefficient (Wildman–Crippen LogP) is 3.69. The summed E-state index contributed by atoms with van der Waals surface area (Å²) in [6.45, 7) is 7.21. The molecule has 8 heteroatoms. The summed E-state index contributed by atoms with van der Waals surface area (Å²) in [5.41, 5.74) is -0.977. The Balaban J connectivity index is 2.15. The van der Waals surface area contributed by atoms with Gasteiger partial charge >= 0.3 is 5.97 Å². The van der Waals surface area contributed by atoms with Gasteiger partial charge in [0.25, 0.3) is 6.23 Å². The number of hydrogen-bond donors (Lipinski definition) is 0. The van der Waals surface area contributed by atoms with Crippen molar-refractivity contribution in [3.05, 3.63) is 41.9 Å². The van der Waals surface area contributed by atoms with E-state index in [-0.39, 0.29) is 24.3 Å². The molecule has 1 aromatic carbocycles. The lowest BCUT2D eigenvalue weighted by atomic mass is 9.88. The second-order valence-electron chi connectivity index (χ2n) is 7.31. The fourth-order valence-electron chi connectivity index (χ4n) is 2.27. The van der Waals surface area contributed by atoms with E-state index in [0.29, 0.717) is 17.2 Å². The van der Waals surface area contributed by atoms with Gasteiger partial charge in [0.05, 0.1) is 5.41 Å². The van der Waals surface area contributed by atoms with Crippen molar-refractivity contribution in [3.63, 3.8) is 0 Å². The zero-order chi connectivity index (χ0) is 20.0. The standard InChI is InChI=1S/C19H24ClN3O4/c1-13(2)9-16(24)26-10-19(3,4)17(25)18(23-12-21-11-22-23)27-15-7-5-14(20)6-8-15/h5-8,11-13,18H,9-10H2,1-4H3. The van der Waals surface area contributed by atoms with Crippen LogP contribution in [0.25, 0.3) is 0 Å². The molecule has 1 aromatic heterocycles. The Hall–Kier alpha value is -2.41. The first kappa shape index (κ1) is 20.9. The van der Waals surface area contributed by atoms with Crippen LogP contribution < -0.4 is 4.74 Å². The number of Topliss-reactive ketones (excluding diaryl/α,β-unsaturated/α-hetero) is 1. The normalized spacial score (nSPS) is 12.7. The number of aromatic nitrogens is 3. The first-order chi connectivity index (χ1) is 12.7. The zero-order valence-electron chi connectivity index (χ0n) is 15.9. The minimum absolute atomic E-state index is 0.0490. The SMILES string of the molecule is CC(C)CC(=O)OCC(C)(C)C(=O)C(Oc1ccc(Cl)cc1)n1cncn1. The monoisotopic (exact) mass is 393 g/mol. The van der Waals surface area contributed by atoms with Gasteiger partial charge in [0.2, 0.25) is 5.78 Å². The number of ketones is 1. The molecule has 1 unspecified atom stereocenters. The lowest BCUT2D eigenvalue weighted by Crippen LogP contribution is -2.39. The Morgan fingerprint density at radius 2 is 1.89 bits per heavy atom. The molecular weight excluding hydrogens is 370 g/mol. The van der Waals surface area contributed by atoms with E-state index in [4.69, 9.17) is 21.1 Å². The minimum Gasteiger partial charge on any atom is -0.465 e. The van der Waals surface area contributed by atoms with Crippen molar-refractivity contribution in [1.29, 1.82) is 0 Å². The molecule has 27 heavy (non-hydrogen) atoms. The van der Waals surface area contributed by atoms with Crippen molar-refractivity contribution in [1.82, 2.24) is 14.8 Å². The third kappa shape index (κ3) is 6.06. The number of nitrogens with zero attached hydrogens (tertiary/aromatic N) is 3. The third-order valence-electron chi connectivity index (χ3n) is 3.80. The smallest absolute Gasteiger partial charge is 0.306 e. The predicted molar refractivity (Wildman–Crippen MR) is 100 cm³/mol. The molecule has 2 aromatic rings. The summed E-state index contributed by atoms with van der Waals surface area (Å²) in [7, 11) is 0. The van der Waals surface area contributed by atoms with E-state index in [1.807, 2.05) is 13.8 Å². The maximum Gasteiger partial charge on any atom is 0.306 e. The van der Waals surface area contributed by atoms with Crippen LogP contribution in [0.2, 0.25) is 5.02 Å². The number of ether oxygens (including phenoxy) is 2. The summed E-state index contributed by atoms with van der Waals surface area (Å²) in [6.07, 6.45) is 1.98. The van der Waals surface area contributed by atoms with Gasteiger partial charge in [0, 0.05) is 11.4 Å².